The Labute approximate surface area is 160 Å². The third-order valence-electron chi connectivity index (χ3n) is 5.10. The second kappa shape index (κ2) is 7.69. The largest absolute Gasteiger partial charge is 0.351 e. The highest BCUT2D eigenvalue weighted by molar-refractivity contribution is 7.91. The SMILES string of the molecule is CC1CCCCN1c1nc(F)c(F)c(S(=O)(=O)CCN2C(=O)CCC2=O)c1F. The molecule has 0 N–H and O–H groups in total. The molecule has 2 aliphatic heterocycles. The number of halogens is 3. The average Bonchev–Trinajstić information content (AvgIpc) is 2.95. The summed E-state index contributed by atoms with van der Waals surface area (Å²) in [5, 5.41) is 0. The van der Waals surface area contributed by atoms with Crippen molar-refractivity contribution in [3.8, 4) is 0 Å². The Morgan fingerprint density at radius 3 is 2.32 bits per heavy atom. The van der Waals surface area contributed by atoms with Gasteiger partial charge in [-0.1, -0.05) is 0 Å². The summed E-state index contributed by atoms with van der Waals surface area (Å²) < 4.78 is 68.4. The molecule has 2 amide bonds. The molecule has 1 aromatic heterocycles. The average molecular weight is 419 g/mol. The maximum atomic E-state index is 15.0. The number of aromatic nitrogens is 1. The van der Waals surface area contributed by atoms with Crippen LogP contribution in [0.5, 0.6) is 0 Å². The van der Waals surface area contributed by atoms with Crippen molar-refractivity contribution in [3.05, 3.63) is 17.6 Å². The topological polar surface area (TPSA) is 87.7 Å². The second-order valence-electron chi connectivity index (χ2n) is 6.98. The van der Waals surface area contributed by atoms with Crippen LogP contribution in [0.3, 0.4) is 0 Å². The van der Waals surface area contributed by atoms with E-state index in [0.29, 0.717) is 19.4 Å². The van der Waals surface area contributed by atoms with Gasteiger partial charge < -0.3 is 4.90 Å². The molecule has 2 fully saturated rings. The number of amides is 2. The van der Waals surface area contributed by atoms with Crippen molar-refractivity contribution in [2.75, 3.05) is 23.7 Å². The van der Waals surface area contributed by atoms with Crippen molar-refractivity contribution in [2.24, 2.45) is 0 Å². The van der Waals surface area contributed by atoms with Crippen molar-refractivity contribution >= 4 is 27.5 Å². The third-order valence-corrected chi connectivity index (χ3v) is 6.81. The first-order chi connectivity index (χ1) is 13.1. The molecule has 0 radical (unpaired) electrons. The Kier molecular flexibility index (Phi) is 5.64. The van der Waals surface area contributed by atoms with E-state index in [0.717, 1.165) is 11.3 Å². The minimum absolute atomic E-state index is 0.0392. The van der Waals surface area contributed by atoms with E-state index in [1.54, 1.807) is 6.92 Å². The number of hydrogen-bond donors (Lipinski definition) is 0. The smallest absolute Gasteiger partial charge is 0.252 e. The van der Waals surface area contributed by atoms with Gasteiger partial charge in [-0.25, -0.2) is 17.2 Å². The lowest BCUT2D eigenvalue weighted by Crippen LogP contribution is -2.39. The minimum Gasteiger partial charge on any atom is -0.351 e. The third kappa shape index (κ3) is 3.71. The number of piperidine rings is 1. The van der Waals surface area contributed by atoms with Crippen LogP contribution in [-0.4, -0.2) is 55.0 Å². The highest BCUT2D eigenvalue weighted by Crippen LogP contribution is 2.32. The number of carbonyl (C=O) groups excluding carboxylic acids is 2. The van der Waals surface area contributed by atoms with E-state index in [1.165, 1.54) is 4.90 Å². The molecule has 3 rings (SSSR count). The second-order valence-corrected chi connectivity index (χ2v) is 9.03. The molecule has 0 bridgehead atoms. The van der Waals surface area contributed by atoms with Crippen LogP contribution >= 0.6 is 0 Å². The summed E-state index contributed by atoms with van der Waals surface area (Å²) in [6.07, 6.45) is 2.17. The van der Waals surface area contributed by atoms with E-state index in [2.05, 4.69) is 4.98 Å². The predicted molar refractivity (Wildman–Crippen MR) is 92.8 cm³/mol. The Balaban J connectivity index is 1.95. The van der Waals surface area contributed by atoms with Gasteiger partial charge in [0.1, 0.15) is 4.90 Å². The summed E-state index contributed by atoms with van der Waals surface area (Å²) >= 11 is 0. The first-order valence-corrected chi connectivity index (χ1v) is 10.7. The molecule has 0 aliphatic carbocycles. The van der Waals surface area contributed by atoms with Crippen molar-refractivity contribution in [1.82, 2.24) is 9.88 Å². The highest BCUT2D eigenvalue weighted by atomic mass is 32.2. The van der Waals surface area contributed by atoms with Gasteiger partial charge in [-0.05, 0) is 26.2 Å². The predicted octanol–water partition coefficient (Wildman–Crippen LogP) is 1.80. The first-order valence-electron chi connectivity index (χ1n) is 9.00. The molecule has 0 saturated carbocycles. The number of carbonyl (C=O) groups is 2. The molecule has 3 heterocycles. The van der Waals surface area contributed by atoms with Gasteiger partial charge in [0.05, 0.1) is 5.75 Å². The molecule has 11 heteroatoms. The van der Waals surface area contributed by atoms with E-state index in [1.807, 2.05) is 0 Å². The fraction of sp³-hybridized carbons (Fsp3) is 0.588. The lowest BCUT2D eigenvalue weighted by molar-refractivity contribution is -0.137. The number of nitrogens with zero attached hydrogens (tertiary/aromatic N) is 3. The van der Waals surface area contributed by atoms with Crippen LogP contribution in [-0.2, 0) is 19.4 Å². The number of sulfone groups is 1. The standard InChI is InChI=1S/C17H20F3N3O4S/c1-10-4-2-3-7-22(10)17-14(19)15(13(18)16(20)21-17)28(26,27)9-8-23-11(24)5-6-12(23)25/h10H,2-9H2,1H3. The number of rotatable bonds is 5. The van der Waals surface area contributed by atoms with E-state index >= 15 is 0 Å². The van der Waals surface area contributed by atoms with Gasteiger partial charge in [-0.3, -0.25) is 14.5 Å². The molecule has 2 saturated heterocycles. The lowest BCUT2D eigenvalue weighted by Gasteiger charge is -2.34. The van der Waals surface area contributed by atoms with Crippen molar-refractivity contribution in [3.63, 3.8) is 0 Å². The Morgan fingerprint density at radius 2 is 1.71 bits per heavy atom. The van der Waals surface area contributed by atoms with E-state index in [4.69, 9.17) is 0 Å². The maximum absolute atomic E-state index is 15.0. The molecule has 1 unspecified atom stereocenters. The monoisotopic (exact) mass is 419 g/mol. The maximum Gasteiger partial charge on any atom is 0.252 e. The van der Waals surface area contributed by atoms with Crippen LogP contribution in [0.15, 0.2) is 4.90 Å². The normalized spacial score (nSPS) is 20.9. The van der Waals surface area contributed by atoms with Gasteiger partial charge in [0.2, 0.25) is 11.8 Å². The van der Waals surface area contributed by atoms with Gasteiger partial charge in [-0.2, -0.15) is 9.37 Å². The Morgan fingerprint density at radius 1 is 1.07 bits per heavy atom. The first kappa shape index (κ1) is 20.6. The van der Waals surface area contributed by atoms with Gasteiger partial charge in [-0.15, -0.1) is 0 Å². The lowest BCUT2D eigenvalue weighted by atomic mass is 10.0. The van der Waals surface area contributed by atoms with Crippen molar-refractivity contribution < 1.29 is 31.2 Å². The molecule has 1 aromatic rings. The van der Waals surface area contributed by atoms with Crippen molar-refractivity contribution in [2.45, 2.75) is 50.0 Å². The Hall–Kier alpha value is -2.17. The van der Waals surface area contributed by atoms with Crippen LogP contribution in [0.4, 0.5) is 19.0 Å². The zero-order valence-corrected chi connectivity index (χ0v) is 16.1. The molecule has 0 aromatic carbocycles. The fourth-order valence-electron chi connectivity index (χ4n) is 3.54. The summed E-state index contributed by atoms with van der Waals surface area (Å²) in [5.74, 6) is -7.61. The molecule has 2 aliphatic rings. The van der Waals surface area contributed by atoms with Gasteiger partial charge >= 0.3 is 0 Å². The van der Waals surface area contributed by atoms with Crippen LogP contribution in [0.2, 0.25) is 0 Å². The molecule has 0 spiro atoms. The van der Waals surface area contributed by atoms with Crippen LogP contribution in [0, 0.1) is 17.6 Å². The molecule has 154 valence electrons. The van der Waals surface area contributed by atoms with Gasteiger partial charge in [0.15, 0.2) is 27.3 Å². The van der Waals surface area contributed by atoms with Gasteiger partial charge in [0, 0.05) is 32.0 Å². The summed E-state index contributed by atoms with van der Waals surface area (Å²) in [5.41, 5.74) is 0. The van der Waals surface area contributed by atoms with E-state index in [9.17, 15) is 31.2 Å². The number of anilines is 1. The van der Waals surface area contributed by atoms with E-state index < -0.39 is 62.2 Å². The minimum atomic E-state index is -4.66. The molecular weight excluding hydrogens is 399 g/mol. The number of imide groups is 1. The summed E-state index contributed by atoms with van der Waals surface area (Å²) in [6, 6.07) is -0.212. The Bertz CT molecular complexity index is 907. The number of likely N-dealkylation sites (tertiary alicyclic amines) is 1. The fourth-order valence-corrected chi connectivity index (χ4v) is 4.89. The molecule has 1 atom stereocenters. The zero-order chi connectivity index (χ0) is 20.6. The summed E-state index contributed by atoms with van der Waals surface area (Å²) in [6.45, 7) is 1.56. The molecular formula is C17H20F3N3O4S. The number of pyridine rings is 1. The molecule has 7 nitrogen and oxygen atoms in total. The van der Waals surface area contributed by atoms with E-state index in [-0.39, 0.29) is 18.9 Å². The summed E-state index contributed by atoms with van der Waals surface area (Å²) in [7, 11) is -4.66. The van der Waals surface area contributed by atoms with Crippen LogP contribution in [0.1, 0.15) is 39.0 Å². The summed E-state index contributed by atoms with van der Waals surface area (Å²) in [4.78, 5) is 27.3. The quantitative estimate of drug-likeness (QED) is 0.534. The van der Waals surface area contributed by atoms with Crippen LogP contribution in [0.25, 0.3) is 0 Å². The number of hydrogen-bond acceptors (Lipinski definition) is 6. The van der Waals surface area contributed by atoms with Crippen LogP contribution < -0.4 is 4.90 Å². The van der Waals surface area contributed by atoms with Gasteiger partial charge in [0.25, 0.3) is 5.95 Å². The highest BCUT2D eigenvalue weighted by Gasteiger charge is 2.36. The zero-order valence-electron chi connectivity index (χ0n) is 15.3. The molecule has 28 heavy (non-hydrogen) atoms. The van der Waals surface area contributed by atoms with Crippen molar-refractivity contribution in [1.29, 1.82) is 0 Å².